The predicted octanol–water partition coefficient (Wildman–Crippen LogP) is 3.41. The summed E-state index contributed by atoms with van der Waals surface area (Å²) < 4.78 is 0. The first kappa shape index (κ1) is 14.7. The number of benzene rings is 1. The van der Waals surface area contributed by atoms with Gasteiger partial charge in [0.15, 0.2) is 0 Å². The van der Waals surface area contributed by atoms with E-state index < -0.39 is 0 Å². The van der Waals surface area contributed by atoms with E-state index in [1.165, 1.54) is 18.5 Å². The normalized spacial score (nSPS) is 14.4. The number of aromatic nitrogens is 1. The van der Waals surface area contributed by atoms with Crippen LogP contribution in [-0.2, 0) is 11.2 Å². The summed E-state index contributed by atoms with van der Waals surface area (Å²) in [4.78, 5) is 17.8. The van der Waals surface area contributed by atoms with Gasteiger partial charge in [0.05, 0.1) is 6.42 Å². The molecule has 0 saturated carbocycles. The van der Waals surface area contributed by atoms with E-state index in [0.717, 1.165) is 35.7 Å². The van der Waals surface area contributed by atoms with Crippen molar-refractivity contribution < 1.29 is 4.79 Å². The fourth-order valence-corrected chi connectivity index (χ4v) is 3.07. The number of carbonyl (C=O) groups is 1. The summed E-state index contributed by atoms with van der Waals surface area (Å²) in [5.74, 6) is 0.0241. The van der Waals surface area contributed by atoms with E-state index in [1.54, 1.807) is 0 Å². The van der Waals surface area contributed by atoms with E-state index in [-0.39, 0.29) is 5.91 Å². The number of amides is 1. The lowest BCUT2D eigenvalue weighted by atomic mass is 10.1. The molecule has 3 rings (SSSR count). The topological polar surface area (TPSA) is 48.1 Å². The van der Waals surface area contributed by atoms with Gasteiger partial charge in [0, 0.05) is 35.9 Å². The van der Waals surface area contributed by atoms with Crippen molar-refractivity contribution >= 4 is 17.3 Å². The second-order valence-electron chi connectivity index (χ2n) is 6.07. The molecule has 0 radical (unpaired) electrons. The molecule has 4 nitrogen and oxygen atoms in total. The molecule has 1 aliphatic rings. The maximum atomic E-state index is 12.1. The molecule has 116 valence electrons. The largest absolute Gasteiger partial charge is 0.372 e. The van der Waals surface area contributed by atoms with Gasteiger partial charge < -0.3 is 15.2 Å². The molecule has 1 amide bonds. The second-order valence-corrected chi connectivity index (χ2v) is 6.07. The van der Waals surface area contributed by atoms with Gasteiger partial charge in [-0.1, -0.05) is 0 Å². The molecule has 1 aliphatic heterocycles. The van der Waals surface area contributed by atoms with Gasteiger partial charge in [-0.3, -0.25) is 4.79 Å². The van der Waals surface area contributed by atoms with Crippen LogP contribution in [0.5, 0.6) is 0 Å². The van der Waals surface area contributed by atoms with Crippen LogP contribution in [0.1, 0.15) is 29.8 Å². The van der Waals surface area contributed by atoms with Gasteiger partial charge in [-0.2, -0.15) is 0 Å². The molecule has 1 aromatic heterocycles. The number of hydrogen-bond acceptors (Lipinski definition) is 2. The number of hydrogen-bond donors (Lipinski definition) is 2. The molecule has 2 N–H and O–H groups in total. The summed E-state index contributed by atoms with van der Waals surface area (Å²) >= 11 is 0. The Hall–Kier alpha value is -2.23. The molecule has 1 saturated heterocycles. The quantitative estimate of drug-likeness (QED) is 0.908. The Balaban J connectivity index is 1.60. The van der Waals surface area contributed by atoms with Gasteiger partial charge >= 0.3 is 0 Å². The van der Waals surface area contributed by atoms with Crippen LogP contribution in [0.25, 0.3) is 0 Å². The highest BCUT2D eigenvalue weighted by Crippen LogP contribution is 2.22. The molecule has 0 aliphatic carbocycles. The number of aromatic amines is 1. The zero-order valence-electron chi connectivity index (χ0n) is 13.3. The van der Waals surface area contributed by atoms with Crippen LogP contribution in [0.3, 0.4) is 0 Å². The lowest BCUT2D eigenvalue weighted by molar-refractivity contribution is -0.115. The standard InChI is InChI=1S/C18H23N3O/c1-13-11-15(14(2)19-13)12-18(22)20-16-5-7-17(8-6-16)21-9-3-4-10-21/h5-8,11,19H,3-4,9-10,12H2,1-2H3,(H,20,22). The number of H-pyrrole nitrogens is 1. The zero-order chi connectivity index (χ0) is 15.5. The minimum Gasteiger partial charge on any atom is -0.372 e. The van der Waals surface area contributed by atoms with E-state index in [0.29, 0.717) is 6.42 Å². The van der Waals surface area contributed by atoms with Gasteiger partial charge in [-0.15, -0.1) is 0 Å². The predicted molar refractivity (Wildman–Crippen MR) is 90.5 cm³/mol. The number of anilines is 2. The molecular weight excluding hydrogens is 274 g/mol. The summed E-state index contributed by atoms with van der Waals surface area (Å²) in [6, 6.07) is 10.2. The molecule has 2 heterocycles. The van der Waals surface area contributed by atoms with Crippen molar-refractivity contribution in [1.29, 1.82) is 0 Å². The minimum absolute atomic E-state index is 0.0241. The molecule has 0 bridgehead atoms. The van der Waals surface area contributed by atoms with E-state index in [9.17, 15) is 4.79 Å². The SMILES string of the molecule is Cc1cc(CC(=O)Nc2ccc(N3CCCC3)cc2)c(C)[nH]1. The summed E-state index contributed by atoms with van der Waals surface area (Å²) in [5, 5.41) is 2.97. The summed E-state index contributed by atoms with van der Waals surface area (Å²) in [6.07, 6.45) is 2.95. The van der Waals surface area contributed by atoms with Crippen LogP contribution in [0.4, 0.5) is 11.4 Å². The van der Waals surface area contributed by atoms with Crippen molar-refractivity contribution in [3.63, 3.8) is 0 Å². The monoisotopic (exact) mass is 297 g/mol. The maximum Gasteiger partial charge on any atom is 0.228 e. The molecular formula is C18H23N3O. The molecule has 1 fully saturated rings. The fourth-order valence-electron chi connectivity index (χ4n) is 3.07. The Morgan fingerprint density at radius 1 is 1.18 bits per heavy atom. The van der Waals surface area contributed by atoms with Crippen molar-refractivity contribution in [3.05, 3.63) is 47.3 Å². The van der Waals surface area contributed by atoms with Gasteiger partial charge in [-0.05, 0) is 62.6 Å². The van der Waals surface area contributed by atoms with E-state index in [1.807, 2.05) is 32.0 Å². The Morgan fingerprint density at radius 2 is 1.86 bits per heavy atom. The first-order valence-electron chi connectivity index (χ1n) is 7.92. The highest BCUT2D eigenvalue weighted by atomic mass is 16.1. The number of rotatable bonds is 4. The Labute approximate surface area is 131 Å². The number of nitrogens with zero attached hydrogens (tertiary/aromatic N) is 1. The average molecular weight is 297 g/mol. The second kappa shape index (κ2) is 6.26. The molecule has 1 aromatic carbocycles. The summed E-state index contributed by atoms with van der Waals surface area (Å²) in [6.45, 7) is 6.28. The van der Waals surface area contributed by atoms with Gasteiger partial charge in [-0.25, -0.2) is 0 Å². The molecule has 0 atom stereocenters. The van der Waals surface area contributed by atoms with Crippen LogP contribution in [0, 0.1) is 13.8 Å². The molecule has 4 heteroatoms. The molecule has 0 unspecified atom stereocenters. The van der Waals surface area contributed by atoms with Crippen LogP contribution in [0.2, 0.25) is 0 Å². The molecule has 2 aromatic rings. The number of carbonyl (C=O) groups excluding carboxylic acids is 1. The Morgan fingerprint density at radius 3 is 2.45 bits per heavy atom. The van der Waals surface area contributed by atoms with Gasteiger partial charge in [0.25, 0.3) is 0 Å². The Kier molecular flexibility index (Phi) is 4.18. The third-order valence-electron chi connectivity index (χ3n) is 4.23. The summed E-state index contributed by atoms with van der Waals surface area (Å²) in [5.41, 5.74) is 5.32. The molecule has 0 spiro atoms. The van der Waals surface area contributed by atoms with Crippen molar-refractivity contribution in [2.24, 2.45) is 0 Å². The molecule has 22 heavy (non-hydrogen) atoms. The first-order valence-corrected chi connectivity index (χ1v) is 7.92. The van der Waals surface area contributed by atoms with Crippen LogP contribution in [-0.4, -0.2) is 24.0 Å². The van der Waals surface area contributed by atoms with Gasteiger partial charge in [0.2, 0.25) is 5.91 Å². The summed E-state index contributed by atoms with van der Waals surface area (Å²) in [7, 11) is 0. The van der Waals surface area contributed by atoms with Crippen LogP contribution in [0.15, 0.2) is 30.3 Å². The smallest absolute Gasteiger partial charge is 0.228 e. The lowest BCUT2D eigenvalue weighted by Crippen LogP contribution is -2.18. The third kappa shape index (κ3) is 3.32. The first-order chi connectivity index (χ1) is 10.6. The van der Waals surface area contributed by atoms with E-state index in [4.69, 9.17) is 0 Å². The number of nitrogens with one attached hydrogen (secondary N) is 2. The third-order valence-corrected chi connectivity index (χ3v) is 4.23. The maximum absolute atomic E-state index is 12.1. The van der Waals surface area contributed by atoms with E-state index >= 15 is 0 Å². The average Bonchev–Trinajstić information content (AvgIpc) is 3.10. The zero-order valence-corrected chi connectivity index (χ0v) is 13.3. The number of aryl methyl sites for hydroxylation is 2. The lowest BCUT2D eigenvalue weighted by Gasteiger charge is -2.17. The highest BCUT2D eigenvalue weighted by Gasteiger charge is 2.12. The van der Waals surface area contributed by atoms with Crippen LogP contribution < -0.4 is 10.2 Å². The van der Waals surface area contributed by atoms with Crippen molar-refractivity contribution in [1.82, 2.24) is 4.98 Å². The van der Waals surface area contributed by atoms with Crippen molar-refractivity contribution in [2.45, 2.75) is 33.1 Å². The highest BCUT2D eigenvalue weighted by molar-refractivity contribution is 5.92. The van der Waals surface area contributed by atoms with E-state index in [2.05, 4.69) is 27.3 Å². The van der Waals surface area contributed by atoms with Crippen molar-refractivity contribution in [3.8, 4) is 0 Å². The Bertz CT molecular complexity index is 651. The minimum atomic E-state index is 0.0241. The van der Waals surface area contributed by atoms with Crippen LogP contribution >= 0.6 is 0 Å². The van der Waals surface area contributed by atoms with Crippen molar-refractivity contribution in [2.75, 3.05) is 23.3 Å². The van der Waals surface area contributed by atoms with Gasteiger partial charge in [0.1, 0.15) is 0 Å². The fraction of sp³-hybridized carbons (Fsp3) is 0.389.